The van der Waals surface area contributed by atoms with Crippen LogP contribution in [0.15, 0.2) is 36.9 Å². The van der Waals surface area contributed by atoms with Crippen molar-refractivity contribution in [2.75, 3.05) is 0 Å². The van der Waals surface area contributed by atoms with Gasteiger partial charge < -0.3 is 9.47 Å². The van der Waals surface area contributed by atoms with E-state index in [1.54, 1.807) is 24.3 Å². The number of fused-ring (bicyclic) bond motifs is 1. The third-order valence-electron chi connectivity index (χ3n) is 5.73. The van der Waals surface area contributed by atoms with Gasteiger partial charge in [-0.2, -0.15) is 0 Å². The van der Waals surface area contributed by atoms with Crippen molar-refractivity contribution in [2.45, 2.75) is 51.9 Å². The lowest BCUT2D eigenvalue weighted by molar-refractivity contribution is -0.140. The minimum Gasteiger partial charge on any atom is -0.424 e. The lowest BCUT2D eigenvalue weighted by atomic mass is 9.80. The summed E-state index contributed by atoms with van der Waals surface area (Å²) in [6, 6.07) is 7.06. The van der Waals surface area contributed by atoms with Gasteiger partial charge in [-0.1, -0.05) is 80.2 Å². The Hall–Kier alpha value is -2.04. The van der Waals surface area contributed by atoms with Crippen LogP contribution in [-0.2, 0) is 9.59 Å². The van der Waals surface area contributed by atoms with E-state index >= 15 is 0 Å². The summed E-state index contributed by atoms with van der Waals surface area (Å²) in [7, 11) is 0. The molecule has 0 bridgehead atoms. The first-order chi connectivity index (χ1) is 14.5. The van der Waals surface area contributed by atoms with Gasteiger partial charge in [0.15, 0.2) is 11.5 Å². The summed E-state index contributed by atoms with van der Waals surface area (Å²) in [4.78, 5) is 24.6. The maximum Gasteiger partial charge on any atom is 0.335 e. The molecule has 0 aliphatic heterocycles. The van der Waals surface area contributed by atoms with Gasteiger partial charge in [-0.05, 0) is 31.6 Å². The molecule has 0 radical (unpaired) electrons. The lowest BCUT2D eigenvalue weighted by Gasteiger charge is -2.27. The van der Waals surface area contributed by atoms with Gasteiger partial charge in [-0.3, -0.25) is 4.79 Å². The van der Waals surface area contributed by atoms with Crippen LogP contribution in [0.5, 0.6) is 11.5 Å². The highest BCUT2D eigenvalue weighted by atomic mass is 35.5. The Bertz CT molecular complexity index is 946. The van der Waals surface area contributed by atoms with Crippen LogP contribution >= 0.6 is 23.2 Å². The molecule has 1 saturated carbocycles. The van der Waals surface area contributed by atoms with Crippen molar-refractivity contribution in [3.8, 4) is 11.5 Å². The van der Waals surface area contributed by atoms with Crippen LogP contribution in [0.25, 0.3) is 10.8 Å². The summed E-state index contributed by atoms with van der Waals surface area (Å²) < 4.78 is 11.1. The molecular weight excluding hydrogens is 423 g/mol. The first kappa shape index (κ1) is 22.6. The van der Waals surface area contributed by atoms with Gasteiger partial charge in [0.05, 0.1) is 5.92 Å². The van der Waals surface area contributed by atoms with Crippen LogP contribution in [0, 0.1) is 11.8 Å². The van der Waals surface area contributed by atoms with Gasteiger partial charge in [-0.15, -0.1) is 0 Å². The van der Waals surface area contributed by atoms with Crippen molar-refractivity contribution in [3.05, 3.63) is 47.0 Å². The summed E-state index contributed by atoms with van der Waals surface area (Å²) in [5.41, 5.74) is 0. The number of hydrogen-bond donors (Lipinski definition) is 0. The van der Waals surface area contributed by atoms with E-state index in [0.717, 1.165) is 31.8 Å². The molecule has 3 rings (SSSR count). The van der Waals surface area contributed by atoms with Gasteiger partial charge in [0.25, 0.3) is 0 Å². The Morgan fingerprint density at radius 1 is 1.03 bits per heavy atom. The average Bonchev–Trinajstić information content (AvgIpc) is 2.78. The summed E-state index contributed by atoms with van der Waals surface area (Å²) in [5.74, 6) is -0.0563. The maximum atomic E-state index is 12.9. The quantitative estimate of drug-likeness (QED) is 0.256. The Kier molecular flexibility index (Phi) is 7.79. The Balaban J connectivity index is 1.84. The van der Waals surface area contributed by atoms with E-state index < -0.39 is 5.97 Å². The molecule has 6 heteroatoms. The number of halogens is 2. The fraction of sp³-hybridized carbons (Fsp3) is 0.417. The molecule has 2 aromatic carbocycles. The van der Waals surface area contributed by atoms with Crippen molar-refractivity contribution in [2.24, 2.45) is 11.8 Å². The highest BCUT2D eigenvalue weighted by Crippen LogP contribution is 2.47. The van der Waals surface area contributed by atoms with Gasteiger partial charge in [0.2, 0.25) is 0 Å². The topological polar surface area (TPSA) is 52.6 Å². The predicted octanol–water partition coefficient (Wildman–Crippen LogP) is 7.14. The summed E-state index contributed by atoms with van der Waals surface area (Å²) in [6.07, 6.45) is 8.46. The van der Waals surface area contributed by atoms with Crippen LogP contribution in [0.4, 0.5) is 0 Å². The van der Waals surface area contributed by atoms with Crippen molar-refractivity contribution in [1.82, 2.24) is 0 Å². The minimum absolute atomic E-state index is 0.0247. The number of unbranched alkanes of at least 4 members (excludes halogenated alkanes) is 1. The highest BCUT2D eigenvalue weighted by molar-refractivity contribution is 6.45. The zero-order chi connectivity index (χ0) is 21.7. The van der Waals surface area contributed by atoms with Gasteiger partial charge in [-0.25, -0.2) is 4.79 Å². The van der Waals surface area contributed by atoms with Crippen molar-refractivity contribution < 1.29 is 19.1 Å². The van der Waals surface area contributed by atoms with E-state index in [9.17, 15) is 9.59 Å². The first-order valence-corrected chi connectivity index (χ1v) is 11.2. The molecule has 0 aromatic heterocycles. The summed E-state index contributed by atoms with van der Waals surface area (Å²) >= 11 is 12.8. The van der Waals surface area contributed by atoms with Crippen LogP contribution in [0.3, 0.4) is 0 Å². The Morgan fingerprint density at radius 3 is 2.13 bits per heavy atom. The molecule has 0 saturated heterocycles. The fourth-order valence-corrected chi connectivity index (χ4v) is 4.47. The molecule has 2 aromatic rings. The second-order valence-corrected chi connectivity index (χ2v) is 8.49. The largest absolute Gasteiger partial charge is 0.424 e. The zero-order valence-electron chi connectivity index (χ0n) is 17.1. The Labute approximate surface area is 187 Å². The molecule has 0 amide bonds. The lowest BCUT2D eigenvalue weighted by Crippen LogP contribution is -2.26. The van der Waals surface area contributed by atoms with Gasteiger partial charge in [0.1, 0.15) is 10.0 Å². The third kappa shape index (κ3) is 4.98. The van der Waals surface area contributed by atoms with E-state index in [2.05, 4.69) is 13.5 Å². The van der Waals surface area contributed by atoms with Gasteiger partial charge in [0, 0.05) is 16.8 Å². The van der Waals surface area contributed by atoms with Crippen LogP contribution in [-0.4, -0.2) is 11.9 Å². The standard InChI is InChI=1S/C24H26Cl2O4/c1-3-5-8-15-11-13-16(14-12-15)24(28)30-23-18-10-7-6-9-17(18)22(20(25)21(23)26)29-19(27)4-2/h4,6-7,9-10,15-16H,2-3,5,8,11-14H2,1H3. The molecule has 30 heavy (non-hydrogen) atoms. The molecule has 0 atom stereocenters. The number of carbonyl (C=O) groups excluding carboxylic acids is 2. The normalized spacial score (nSPS) is 18.8. The van der Waals surface area contributed by atoms with Crippen LogP contribution < -0.4 is 9.47 Å². The number of benzene rings is 2. The first-order valence-electron chi connectivity index (χ1n) is 10.4. The molecule has 4 nitrogen and oxygen atoms in total. The number of hydrogen-bond acceptors (Lipinski definition) is 4. The number of rotatable bonds is 7. The van der Waals surface area contributed by atoms with Gasteiger partial charge >= 0.3 is 11.9 Å². The van der Waals surface area contributed by atoms with E-state index in [4.69, 9.17) is 32.7 Å². The molecular formula is C24H26Cl2O4. The second kappa shape index (κ2) is 10.3. The van der Waals surface area contributed by atoms with E-state index in [0.29, 0.717) is 16.7 Å². The maximum absolute atomic E-state index is 12.9. The minimum atomic E-state index is -0.650. The van der Waals surface area contributed by atoms with E-state index in [1.807, 2.05) is 0 Å². The molecule has 1 aliphatic carbocycles. The van der Waals surface area contributed by atoms with Crippen molar-refractivity contribution >= 4 is 45.9 Å². The van der Waals surface area contributed by atoms with E-state index in [-0.39, 0.29) is 33.4 Å². The molecule has 0 spiro atoms. The predicted molar refractivity (Wildman–Crippen MR) is 120 cm³/mol. The second-order valence-electron chi connectivity index (χ2n) is 7.74. The van der Waals surface area contributed by atoms with E-state index in [1.165, 1.54) is 19.3 Å². The Morgan fingerprint density at radius 2 is 1.60 bits per heavy atom. The number of ether oxygens (including phenoxy) is 2. The molecule has 0 heterocycles. The SMILES string of the molecule is C=CC(=O)Oc1c(Cl)c(Cl)c(OC(=O)C2CCC(CCCC)CC2)c2ccccc12. The molecule has 1 fully saturated rings. The molecule has 160 valence electrons. The smallest absolute Gasteiger partial charge is 0.335 e. The number of carbonyl (C=O) groups is 2. The number of esters is 2. The summed E-state index contributed by atoms with van der Waals surface area (Å²) in [6.45, 7) is 5.60. The van der Waals surface area contributed by atoms with Crippen molar-refractivity contribution in [1.29, 1.82) is 0 Å². The van der Waals surface area contributed by atoms with Crippen LogP contribution in [0.2, 0.25) is 10.0 Å². The monoisotopic (exact) mass is 448 g/mol. The third-order valence-corrected chi connectivity index (χ3v) is 6.54. The van der Waals surface area contributed by atoms with Crippen LogP contribution in [0.1, 0.15) is 51.9 Å². The molecule has 0 unspecified atom stereocenters. The molecule has 1 aliphatic rings. The summed E-state index contributed by atoms with van der Waals surface area (Å²) in [5, 5.41) is 1.17. The molecule has 0 N–H and O–H groups in total. The zero-order valence-corrected chi connectivity index (χ0v) is 18.6. The highest BCUT2D eigenvalue weighted by Gasteiger charge is 2.29. The average molecular weight is 449 g/mol. The fourth-order valence-electron chi connectivity index (χ4n) is 4.02. The van der Waals surface area contributed by atoms with Crippen molar-refractivity contribution in [3.63, 3.8) is 0 Å².